The van der Waals surface area contributed by atoms with Crippen LogP contribution in [0.5, 0.6) is 0 Å². The van der Waals surface area contributed by atoms with Crippen molar-refractivity contribution in [2.45, 2.75) is 90.0 Å². The van der Waals surface area contributed by atoms with Crippen LogP contribution in [-0.2, 0) is 19.1 Å². The summed E-state index contributed by atoms with van der Waals surface area (Å²) < 4.78 is 6.55. The highest BCUT2D eigenvalue weighted by Gasteiger charge is 2.80. The molecule has 8 nitrogen and oxygen atoms in total. The molecule has 2 bridgehead atoms. The number of hydrogen-bond donors (Lipinski definition) is 2. The van der Waals surface area contributed by atoms with Crippen molar-refractivity contribution < 1.29 is 29.3 Å². The van der Waals surface area contributed by atoms with Gasteiger partial charge in [0.2, 0.25) is 11.8 Å². The van der Waals surface area contributed by atoms with Crippen LogP contribution >= 0.6 is 0 Å². The third-order valence-corrected chi connectivity index (χ3v) is 8.29. The Morgan fingerprint density at radius 2 is 2.03 bits per heavy atom. The molecule has 0 radical (unpaired) electrons. The summed E-state index contributed by atoms with van der Waals surface area (Å²) in [5.41, 5.74) is -2.23. The zero-order valence-electron chi connectivity index (χ0n) is 21.3. The van der Waals surface area contributed by atoms with E-state index in [1.165, 1.54) is 4.90 Å². The van der Waals surface area contributed by atoms with Crippen molar-refractivity contribution in [3.8, 4) is 0 Å². The summed E-state index contributed by atoms with van der Waals surface area (Å²) in [6.07, 6.45) is 5.44. The maximum Gasteiger partial charge on any atom is 0.310 e. The zero-order chi connectivity index (χ0) is 25.4. The molecule has 3 heterocycles. The highest BCUT2D eigenvalue weighted by atomic mass is 16.5. The van der Waals surface area contributed by atoms with Crippen LogP contribution in [-0.4, -0.2) is 80.8 Å². The van der Waals surface area contributed by atoms with E-state index >= 15 is 0 Å². The predicted molar refractivity (Wildman–Crippen MR) is 128 cm³/mol. The number of aliphatic hydroxyl groups excluding tert-OH is 1. The third kappa shape index (κ3) is 4.06. The van der Waals surface area contributed by atoms with Crippen LogP contribution < -0.4 is 0 Å². The molecule has 1 spiro atoms. The van der Waals surface area contributed by atoms with Crippen LogP contribution in [0.15, 0.2) is 12.7 Å². The van der Waals surface area contributed by atoms with Gasteiger partial charge in [-0.2, -0.15) is 0 Å². The molecule has 2 amide bonds. The second-order valence-corrected chi connectivity index (χ2v) is 11.0. The first-order valence-electron chi connectivity index (χ1n) is 12.8. The third-order valence-electron chi connectivity index (χ3n) is 8.29. The average Bonchev–Trinajstić information content (AvgIpc) is 3.28. The van der Waals surface area contributed by atoms with Gasteiger partial charge in [0.25, 0.3) is 0 Å². The van der Waals surface area contributed by atoms with Gasteiger partial charge in [0.15, 0.2) is 0 Å². The molecule has 3 unspecified atom stereocenters. The van der Waals surface area contributed by atoms with Crippen LogP contribution in [0.2, 0.25) is 0 Å². The van der Waals surface area contributed by atoms with Crippen LogP contribution in [0, 0.1) is 23.7 Å². The standard InChI is InChI=1S/C26H42N2O6/c1-7-9-10-12-27(11-8-2)23(31)21-26-14-17(5)25(6,34-26)20(24(32)33)19(26)22(30)28(21)18(15-29)13-16(3)4/h8,16-21,29H,2,7,9-15H2,1,3-6H3,(H,32,33)/t17?,18-,19+,20+,21?,25-,26?/m1/s1. The summed E-state index contributed by atoms with van der Waals surface area (Å²) in [5.74, 6) is -3.62. The van der Waals surface area contributed by atoms with Crippen molar-refractivity contribution in [2.75, 3.05) is 19.7 Å². The lowest BCUT2D eigenvalue weighted by Gasteiger charge is -2.40. The van der Waals surface area contributed by atoms with Crippen LogP contribution in [0.4, 0.5) is 0 Å². The summed E-state index contributed by atoms with van der Waals surface area (Å²) in [6.45, 7) is 14.2. The van der Waals surface area contributed by atoms with Gasteiger partial charge in [0, 0.05) is 13.1 Å². The number of fused-ring (bicyclic) bond motifs is 1. The Labute approximate surface area is 203 Å². The van der Waals surface area contributed by atoms with Gasteiger partial charge in [-0.15, -0.1) is 6.58 Å². The van der Waals surface area contributed by atoms with Crippen LogP contribution in [0.1, 0.15) is 66.7 Å². The molecule has 192 valence electrons. The minimum absolute atomic E-state index is 0.126. The highest BCUT2D eigenvalue weighted by molar-refractivity contribution is 5.98. The number of amides is 2. The van der Waals surface area contributed by atoms with E-state index in [1.807, 2.05) is 20.8 Å². The molecule has 3 aliphatic rings. The summed E-state index contributed by atoms with van der Waals surface area (Å²) in [7, 11) is 0. The molecule has 0 saturated carbocycles. The van der Waals surface area contributed by atoms with Crippen molar-refractivity contribution in [2.24, 2.45) is 23.7 Å². The lowest BCUT2D eigenvalue weighted by molar-refractivity contribution is -0.160. The maximum absolute atomic E-state index is 14.2. The first-order valence-corrected chi connectivity index (χ1v) is 12.8. The minimum atomic E-state index is -1.21. The Hall–Kier alpha value is -1.93. The van der Waals surface area contributed by atoms with E-state index in [-0.39, 0.29) is 30.3 Å². The van der Waals surface area contributed by atoms with Crippen molar-refractivity contribution >= 4 is 17.8 Å². The lowest BCUT2D eigenvalue weighted by atomic mass is 9.62. The SMILES string of the molecule is C=CCN(CCCCC)C(=O)C1N([C@@H](CO)CC(C)C)C(=O)[C@@H]2[C@@H](C(=O)O)[C@]3(C)OC12CC3C. The second-order valence-electron chi connectivity index (χ2n) is 11.0. The maximum atomic E-state index is 14.2. The smallest absolute Gasteiger partial charge is 0.310 e. The summed E-state index contributed by atoms with van der Waals surface area (Å²) in [5, 5.41) is 20.4. The van der Waals surface area contributed by atoms with E-state index in [4.69, 9.17) is 4.74 Å². The molecule has 3 rings (SSSR count). The number of unbranched alkanes of at least 4 members (excludes halogenated alkanes) is 2. The Bertz CT molecular complexity index is 815. The van der Waals surface area contributed by atoms with Gasteiger partial charge in [0.1, 0.15) is 17.6 Å². The number of hydrogen-bond acceptors (Lipinski definition) is 5. The number of likely N-dealkylation sites (tertiary alicyclic amines) is 1. The number of aliphatic hydroxyl groups is 1. The molecule has 8 heteroatoms. The molecule has 0 aromatic heterocycles. The second kappa shape index (κ2) is 9.97. The van der Waals surface area contributed by atoms with Gasteiger partial charge in [-0.05, 0) is 38.0 Å². The Morgan fingerprint density at radius 3 is 2.56 bits per heavy atom. The van der Waals surface area contributed by atoms with Crippen molar-refractivity contribution in [3.05, 3.63) is 12.7 Å². The summed E-state index contributed by atoms with van der Waals surface area (Å²) >= 11 is 0. The van der Waals surface area contributed by atoms with E-state index < -0.39 is 41.1 Å². The molecule has 0 aromatic carbocycles. The first kappa shape index (κ1) is 26.7. The summed E-state index contributed by atoms with van der Waals surface area (Å²) in [6, 6.07) is -1.54. The number of rotatable bonds is 12. The molecular formula is C26H42N2O6. The molecule has 3 aliphatic heterocycles. The Kier molecular flexibility index (Phi) is 7.82. The van der Waals surface area contributed by atoms with Crippen LogP contribution in [0.25, 0.3) is 0 Å². The number of ether oxygens (including phenoxy) is 1. The van der Waals surface area contributed by atoms with Crippen LogP contribution in [0.3, 0.4) is 0 Å². The quantitative estimate of drug-likeness (QED) is 0.330. The molecule has 3 saturated heterocycles. The van der Waals surface area contributed by atoms with Gasteiger partial charge < -0.3 is 24.7 Å². The van der Waals surface area contributed by atoms with E-state index in [2.05, 4.69) is 13.5 Å². The van der Waals surface area contributed by atoms with E-state index in [1.54, 1.807) is 17.9 Å². The topological polar surface area (TPSA) is 107 Å². The lowest BCUT2D eigenvalue weighted by Crippen LogP contribution is -2.59. The fourth-order valence-corrected chi connectivity index (χ4v) is 6.72. The van der Waals surface area contributed by atoms with Gasteiger partial charge >= 0.3 is 5.97 Å². The minimum Gasteiger partial charge on any atom is -0.481 e. The van der Waals surface area contributed by atoms with Gasteiger partial charge in [-0.25, -0.2) is 0 Å². The van der Waals surface area contributed by atoms with E-state index in [0.717, 1.165) is 19.3 Å². The normalized spacial score (nSPS) is 35.0. The number of carbonyl (C=O) groups is 3. The fourth-order valence-electron chi connectivity index (χ4n) is 6.72. The van der Waals surface area contributed by atoms with E-state index in [9.17, 15) is 24.6 Å². The number of nitrogens with zero attached hydrogens (tertiary/aromatic N) is 2. The fraction of sp³-hybridized carbons (Fsp3) is 0.808. The Morgan fingerprint density at radius 1 is 1.35 bits per heavy atom. The van der Waals surface area contributed by atoms with E-state index in [0.29, 0.717) is 25.9 Å². The van der Waals surface area contributed by atoms with Crippen molar-refractivity contribution in [1.82, 2.24) is 9.80 Å². The average molecular weight is 479 g/mol. The zero-order valence-corrected chi connectivity index (χ0v) is 21.3. The highest BCUT2D eigenvalue weighted by Crippen LogP contribution is 2.65. The van der Waals surface area contributed by atoms with Crippen molar-refractivity contribution in [1.29, 1.82) is 0 Å². The number of carboxylic acid groups (broad SMARTS) is 1. The van der Waals surface area contributed by atoms with Gasteiger partial charge in [-0.3, -0.25) is 14.4 Å². The summed E-state index contributed by atoms with van der Waals surface area (Å²) in [4.78, 5) is 43.8. The Balaban J connectivity index is 2.11. The molecule has 0 aliphatic carbocycles. The molecule has 34 heavy (non-hydrogen) atoms. The molecule has 3 fully saturated rings. The molecule has 7 atom stereocenters. The molecular weight excluding hydrogens is 436 g/mol. The number of carbonyl (C=O) groups excluding carboxylic acids is 2. The van der Waals surface area contributed by atoms with Gasteiger partial charge in [-0.1, -0.05) is 46.6 Å². The predicted octanol–water partition coefficient (Wildman–Crippen LogP) is 2.69. The van der Waals surface area contributed by atoms with Gasteiger partial charge in [0.05, 0.1) is 24.2 Å². The molecule has 2 N–H and O–H groups in total. The molecule has 0 aromatic rings. The number of carboxylic acids is 1. The largest absolute Gasteiger partial charge is 0.481 e. The number of aliphatic carboxylic acids is 1. The van der Waals surface area contributed by atoms with Crippen molar-refractivity contribution in [3.63, 3.8) is 0 Å². The first-order chi connectivity index (χ1) is 16.0. The monoisotopic (exact) mass is 478 g/mol.